The normalized spacial score (nSPS) is 26.5. The van der Waals surface area contributed by atoms with Crippen molar-refractivity contribution in [3.63, 3.8) is 0 Å². The van der Waals surface area contributed by atoms with Crippen molar-refractivity contribution in [1.29, 1.82) is 0 Å². The maximum atomic E-state index is 13.0. The molecule has 1 aromatic heterocycles. The summed E-state index contributed by atoms with van der Waals surface area (Å²) in [6.45, 7) is 0.944. The standard InChI is InChI=1S/C8H11FN4O2/c9-6-1-7(3-10-2-6)12-5-8(4-11-12)13(14)15/h4-7,10H,1-3H2/t6-,7+/m0/s1. The van der Waals surface area contributed by atoms with Gasteiger partial charge in [0.2, 0.25) is 0 Å². The number of piperidine rings is 1. The van der Waals surface area contributed by atoms with E-state index in [2.05, 4.69) is 10.4 Å². The number of aromatic nitrogens is 2. The van der Waals surface area contributed by atoms with E-state index in [4.69, 9.17) is 0 Å². The smallest absolute Gasteiger partial charge is 0.307 e. The van der Waals surface area contributed by atoms with E-state index in [1.54, 1.807) is 0 Å². The number of alkyl halides is 1. The molecule has 1 N–H and O–H groups in total. The number of hydrogen-bond donors (Lipinski definition) is 1. The summed E-state index contributed by atoms with van der Waals surface area (Å²) in [7, 11) is 0. The van der Waals surface area contributed by atoms with Crippen LogP contribution in [0.3, 0.4) is 0 Å². The molecule has 0 saturated carbocycles. The van der Waals surface area contributed by atoms with Crippen molar-refractivity contribution in [3.05, 3.63) is 22.5 Å². The second kappa shape index (κ2) is 3.93. The third-order valence-corrected chi connectivity index (χ3v) is 2.45. The lowest BCUT2D eigenvalue weighted by atomic mass is 10.1. The minimum atomic E-state index is -0.910. The maximum Gasteiger partial charge on any atom is 0.307 e. The molecular formula is C8H11FN4O2. The molecule has 0 aliphatic carbocycles. The quantitative estimate of drug-likeness (QED) is 0.580. The van der Waals surface area contributed by atoms with Crippen LogP contribution in [0.2, 0.25) is 0 Å². The van der Waals surface area contributed by atoms with Gasteiger partial charge < -0.3 is 5.32 Å². The number of nitrogens with zero attached hydrogens (tertiary/aromatic N) is 3. The lowest BCUT2D eigenvalue weighted by Gasteiger charge is -2.25. The summed E-state index contributed by atoms with van der Waals surface area (Å²) in [6.07, 6.45) is 1.96. The van der Waals surface area contributed by atoms with Gasteiger partial charge in [-0.25, -0.2) is 4.39 Å². The molecule has 6 nitrogen and oxygen atoms in total. The molecule has 0 bridgehead atoms. The van der Waals surface area contributed by atoms with Crippen LogP contribution in [0.5, 0.6) is 0 Å². The molecule has 15 heavy (non-hydrogen) atoms. The number of halogens is 1. The summed E-state index contributed by atoms with van der Waals surface area (Å²) in [5.41, 5.74) is -0.0593. The number of nitro groups is 1. The Labute approximate surface area is 85.2 Å². The summed E-state index contributed by atoms with van der Waals surface area (Å²) < 4.78 is 14.5. The predicted octanol–water partition coefficient (Wildman–Crippen LogP) is 0.664. The predicted molar refractivity (Wildman–Crippen MR) is 50.3 cm³/mol. The molecule has 0 radical (unpaired) electrons. The Morgan fingerprint density at radius 1 is 1.67 bits per heavy atom. The fourth-order valence-corrected chi connectivity index (χ4v) is 1.69. The van der Waals surface area contributed by atoms with Crippen LogP contribution in [0.15, 0.2) is 12.4 Å². The Morgan fingerprint density at radius 2 is 2.47 bits per heavy atom. The Hall–Kier alpha value is -1.50. The fraction of sp³-hybridized carbons (Fsp3) is 0.625. The molecule has 0 unspecified atom stereocenters. The summed E-state index contributed by atoms with van der Waals surface area (Å²) in [5.74, 6) is 0. The Kier molecular flexibility index (Phi) is 2.63. The first-order chi connectivity index (χ1) is 7.16. The summed E-state index contributed by atoms with van der Waals surface area (Å²) in [6, 6.07) is -0.137. The first kappa shape index (κ1) is 10.0. The number of rotatable bonds is 2. The van der Waals surface area contributed by atoms with Crippen LogP contribution in [-0.4, -0.2) is 34.0 Å². The van der Waals surface area contributed by atoms with Crippen molar-refractivity contribution in [2.75, 3.05) is 13.1 Å². The molecule has 2 heterocycles. The highest BCUT2D eigenvalue weighted by Crippen LogP contribution is 2.20. The van der Waals surface area contributed by atoms with Gasteiger partial charge in [-0.1, -0.05) is 0 Å². The molecule has 2 rings (SSSR count). The highest BCUT2D eigenvalue weighted by atomic mass is 19.1. The molecule has 82 valence electrons. The van der Waals surface area contributed by atoms with Crippen LogP contribution in [0.4, 0.5) is 10.1 Å². The van der Waals surface area contributed by atoms with Crippen LogP contribution in [0, 0.1) is 10.1 Å². The van der Waals surface area contributed by atoms with E-state index in [0.29, 0.717) is 19.5 Å². The van der Waals surface area contributed by atoms with Gasteiger partial charge in [-0.2, -0.15) is 5.10 Å². The average Bonchev–Trinajstić information content (AvgIpc) is 2.66. The van der Waals surface area contributed by atoms with Gasteiger partial charge in [-0.05, 0) is 0 Å². The van der Waals surface area contributed by atoms with Crippen LogP contribution in [0.1, 0.15) is 12.5 Å². The minimum absolute atomic E-state index is 0.0593. The van der Waals surface area contributed by atoms with Gasteiger partial charge in [0, 0.05) is 19.5 Å². The molecule has 2 atom stereocenters. The van der Waals surface area contributed by atoms with E-state index in [-0.39, 0.29) is 11.7 Å². The zero-order valence-electron chi connectivity index (χ0n) is 7.97. The van der Waals surface area contributed by atoms with Gasteiger partial charge in [-0.15, -0.1) is 0 Å². The Bertz CT molecular complexity index is 367. The second-order valence-corrected chi connectivity index (χ2v) is 3.58. The highest BCUT2D eigenvalue weighted by molar-refractivity contribution is 5.21. The Balaban J connectivity index is 2.11. The monoisotopic (exact) mass is 214 g/mol. The molecule has 1 fully saturated rings. The van der Waals surface area contributed by atoms with Crippen LogP contribution >= 0.6 is 0 Å². The van der Waals surface area contributed by atoms with Gasteiger partial charge in [-0.3, -0.25) is 14.8 Å². The van der Waals surface area contributed by atoms with Gasteiger partial charge in [0.15, 0.2) is 0 Å². The maximum absolute atomic E-state index is 13.0. The van der Waals surface area contributed by atoms with Gasteiger partial charge in [0.1, 0.15) is 18.6 Å². The molecule has 0 spiro atoms. The topological polar surface area (TPSA) is 73.0 Å². The van der Waals surface area contributed by atoms with Crippen molar-refractivity contribution in [2.45, 2.75) is 18.6 Å². The lowest BCUT2D eigenvalue weighted by molar-refractivity contribution is -0.385. The van der Waals surface area contributed by atoms with E-state index >= 15 is 0 Å². The molecule has 1 aromatic rings. The number of hydrogen-bond acceptors (Lipinski definition) is 4. The van der Waals surface area contributed by atoms with Crippen molar-refractivity contribution in [2.24, 2.45) is 0 Å². The Morgan fingerprint density at radius 3 is 3.07 bits per heavy atom. The minimum Gasteiger partial charge on any atom is -0.312 e. The highest BCUT2D eigenvalue weighted by Gasteiger charge is 2.24. The third kappa shape index (κ3) is 2.12. The molecule has 0 aromatic carbocycles. The lowest BCUT2D eigenvalue weighted by Crippen LogP contribution is -2.38. The van der Waals surface area contributed by atoms with E-state index in [0.717, 1.165) is 0 Å². The molecule has 1 saturated heterocycles. The van der Waals surface area contributed by atoms with Crippen molar-refractivity contribution >= 4 is 5.69 Å². The largest absolute Gasteiger partial charge is 0.312 e. The molecule has 1 aliphatic rings. The van der Waals surface area contributed by atoms with Gasteiger partial charge in [0.25, 0.3) is 0 Å². The fourth-order valence-electron chi connectivity index (χ4n) is 1.69. The zero-order chi connectivity index (χ0) is 10.8. The molecular weight excluding hydrogens is 203 g/mol. The first-order valence-electron chi connectivity index (χ1n) is 4.70. The third-order valence-electron chi connectivity index (χ3n) is 2.45. The number of nitrogens with one attached hydrogen (secondary N) is 1. The summed E-state index contributed by atoms with van der Waals surface area (Å²) in [4.78, 5) is 9.92. The van der Waals surface area contributed by atoms with Crippen molar-refractivity contribution < 1.29 is 9.31 Å². The zero-order valence-corrected chi connectivity index (χ0v) is 7.97. The van der Waals surface area contributed by atoms with E-state index in [1.807, 2.05) is 0 Å². The van der Waals surface area contributed by atoms with Crippen molar-refractivity contribution in [1.82, 2.24) is 15.1 Å². The van der Waals surface area contributed by atoms with Crippen LogP contribution < -0.4 is 5.32 Å². The van der Waals surface area contributed by atoms with Gasteiger partial charge >= 0.3 is 5.69 Å². The average molecular weight is 214 g/mol. The van der Waals surface area contributed by atoms with Crippen LogP contribution in [0.25, 0.3) is 0 Å². The summed E-state index contributed by atoms with van der Waals surface area (Å²) in [5, 5.41) is 17.2. The SMILES string of the molecule is O=[N+]([O-])c1cnn([C@H]2CNC[C@@H](F)C2)c1. The molecule has 0 amide bonds. The second-order valence-electron chi connectivity index (χ2n) is 3.58. The van der Waals surface area contributed by atoms with E-state index in [9.17, 15) is 14.5 Å². The van der Waals surface area contributed by atoms with Crippen molar-refractivity contribution in [3.8, 4) is 0 Å². The van der Waals surface area contributed by atoms with Crippen LogP contribution in [-0.2, 0) is 0 Å². The summed E-state index contributed by atoms with van der Waals surface area (Å²) >= 11 is 0. The van der Waals surface area contributed by atoms with E-state index < -0.39 is 11.1 Å². The van der Waals surface area contributed by atoms with Gasteiger partial charge in [0.05, 0.1) is 11.0 Å². The molecule has 1 aliphatic heterocycles. The first-order valence-corrected chi connectivity index (χ1v) is 4.70. The molecule has 7 heteroatoms. The van der Waals surface area contributed by atoms with E-state index in [1.165, 1.54) is 17.1 Å².